The predicted octanol–water partition coefficient (Wildman–Crippen LogP) is 3.42. The second-order valence-electron chi connectivity index (χ2n) is 4.91. The number of Topliss-reactive ketones (excluding diaryl/α,β-unsaturated/α-hetero) is 1. The van der Waals surface area contributed by atoms with Crippen molar-refractivity contribution in [2.75, 3.05) is 0 Å². The number of carbonyl (C=O) groups excluding carboxylic acids is 1. The van der Waals surface area contributed by atoms with Gasteiger partial charge in [0.15, 0.2) is 5.78 Å². The van der Waals surface area contributed by atoms with Crippen molar-refractivity contribution in [1.29, 1.82) is 0 Å². The van der Waals surface area contributed by atoms with Crippen molar-refractivity contribution in [1.82, 2.24) is 4.98 Å². The maximum absolute atomic E-state index is 12.1. The van der Waals surface area contributed by atoms with Crippen LogP contribution in [-0.2, 0) is 6.42 Å². The number of ketones is 1. The molecule has 1 aromatic heterocycles. The fraction of sp³-hybridized carbons (Fsp3) is 0.250. The molecule has 0 saturated carbocycles. The molecule has 0 aliphatic heterocycles. The van der Waals surface area contributed by atoms with Gasteiger partial charge in [0.05, 0.1) is 10.6 Å². The Bertz CT molecular complexity index is 681. The number of nitrogens with zero attached hydrogens (tertiary/aromatic N) is 2. The molecular formula is C16H16N2O3. The van der Waals surface area contributed by atoms with Gasteiger partial charge < -0.3 is 0 Å². The van der Waals surface area contributed by atoms with E-state index < -0.39 is 4.92 Å². The molecule has 5 heteroatoms. The average molecular weight is 284 g/mol. The molecule has 0 aliphatic rings. The van der Waals surface area contributed by atoms with E-state index in [9.17, 15) is 14.9 Å². The number of benzene rings is 1. The van der Waals surface area contributed by atoms with Crippen LogP contribution in [-0.4, -0.2) is 15.7 Å². The van der Waals surface area contributed by atoms with Crippen LogP contribution in [0.15, 0.2) is 36.5 Å². The smallest absolute Gasteiger partial charge is 0.278 e. The minimum Gasteiger partial charge on any atom is -0.294 e. The first-order chi connectivity index (χ1) is 10.0. The highest BCUT2D eigenvalue weighted by Crippen LogP contribution is 2.24. The van der Waals surface area contributed by atoms with Gasteiger partial charge in [0.2, 0.25) is 0 Å². The number of carbonyl (C=O) groups is 1. The largest absolute Gasteiger partial charge is 0.294 e. The number of hydrogen-bond donors (Lipinski definition) is 0. The Morgan fingerprint density at radius 1 is 1.24 bits per heavy atom. The van der Waals surface area contributed by atoms with Gasteiger partial charge in [-0.2, -0.15) is 0 Å². The van der Waals surface area contributed by atoms with E-state index in [4.69, 9.17) is 0 Å². The molecule has 1 heterocycles. The molecule has 0 N–H and O–H groups in total. The molecule has 2 aromatic rings. The van der Waals surface area contributed by atoms with Crippen LogP contribution < -0.4 is 0 Å². The zero-order chi connectivity index (χ0) is 15.4. The standard InChI is InChI=1S/C16H16N2O3/c1-11-10-17-14(12(2)16(11)18(20)21)8-9-15(19)13-6-4-3-5-7-13/h3-7,10H,8-9H2,1-2H3. The van der Waals surface area contributed by atoms with Crippen molar-refractivity contribution in [3.63, 3.8) is 0 Å². The normalized spacial score (nSPS) is 10.4. The molecule has 0 saturated heterocycles. The maximum atomic E-state index is 12.1. The summed E-state index contributed by atoms with van der Waals surface area (Å²) < 4.78 is 0. The van der Waals surface area contributed by atoms with E-state index in [1.165, 1.54) is 6.20 Å². The lowest BCUT2D eigenvalue weighted by atomic mass is 10.0. The van der Waals surface area contributed by atoms with Gasteiger partial charge in [-0.3, -0.25) is 19.9 Å². The Hall–Kier alpha value is -2.56. The van der Waals surface area contributed by atoms with E-state index in [0.29, 0.717) is 28.8 Å². The van der Waals surface area contributed by atoms with Crippen molar-refractivity contribution in [2.24, 2.45) is 0 Å². The van der Waals surface area contributed by atoms with Crippen molar-refractivity contribution < 1.29 is 9.72 Å². The summed E-state index contributed by atoms with van der Waals surface area (Å²) in [5.74, 6) is 0.0139. The summed E-state index contributed by atoms with van der Waals surface area (Å²) in [6.45, 7) is 3.34. The molecule has 0 aliphatic carbocycles. The van der Waals surface area contributed by atoms with Gasteiger partial charge in [0.25, 0.3) is 5.69 Å². The maximum Gasteiger partial charge on any atom is 0.278 e. The Labute approximate surface area is 122 Å². The first-order valence-corrected chi connectivity index (χ1v) is 6.68. The number of aryl methyl sites for hydroxylation is 2. The fourth-order valence-electron chi connectivity index (χ4n) is 2.30. The molecule has 0 amide bonds. The van der Waals surface area contributed by atoms with Crippen molar-refractivity contribution in [3.05, 3.63) is 69.0 Å². The van der Waals surface area contributed by atoms with Crippen LogP contribution in [0.2, 0.25) is 0 Å². The molecule has 2 rings (SSSR count). The molecule has 1 aromatic carbocycles. The second-order valence-corrected chi connectivity index (χ2v) is 4.91. The van der Waals surface area contributed by atoms with Gasteiger partial charge in [-0.15, -0.1) is 0 Å². The Morgan fingerprint density at radius 2 is 1.90 bits per heavy atom. The summed E-state index contributed by atoms with van der Waals surface area (Å²) in [6.07, 6.45) is 2.19. The zero-order valence-corrected chi connectivity index (χ0v) is 12.0. The topological polar surface area (TPSA) is 73.1 Å². The van der Waals surface area contributed by atoms with Crippen molar-refractivity contribution in [3.8, 4) is 0 Å². The van der Waals surface area contributed by atoms with Crippen LogP contribution >= 0.6 is 0 Å². The lowest BCUT2D eigenvalue weighted by Crippen LogP contribution is -2.06. The Morgan fingerprint density at radius 3 is 2.52 bits per heavy atom. The van der Waals surface area contributed by atoms with Gasteiger partial charge in [0.1, 0.15) is 0 Å². The summed E-state index contributed by atoms with van der Waals surface area (Å²) in [5, 5.41) is 11.1. The summed E-state index contributed by atoms with van der Waals surface area (Å²) >= 11 is 0. The number of rotatable bonds is 5. The molecule has 108 valence electrons. The third-order valence-corrected chi connectivity index (χ3v) is 3.44. The molecule has 0 bridgehead atoms. The van der Waals surface area contributed by atoms with Crippen molar-refractivity contribution >= 4 is 11.5 Å². The predicted molar refractivity (Wildman–Crippen MR) is 79.5 cm³/mol. The summed E-state index contributed by atoms with van der Waals surface area (Å²) in [7, 11) is 0. The monoisotopic (exact) mass is 284 g/mol. The first-order valence-electron chi connectivity index (χ1n) is 6.68. The molecule has 0 unspecified atom stereocenters. The zero-order valence-electron chi connectivity index (χ0n) is 12.0. The highest BCUT2D eigenvalue weighted by molar-refractivity contribution is 5.96. The van der Waals surface area contributed by atoms with Crippen LogP contribution in [0.3, 0.4) is 0 Å². The van der Waals surface area contributed by atoms with Gasteiger partial charge in [-0.1, -0.05) is 30.3 Å². The van der Waals surface area contributed by atoms with Gasteiger partial charge in [-0.05, 0) is 20.3 Å². The Balaban J connectivity index is 2.16. The highest BCUT2D eigenvalue weighted by Gasteiger charge is 2.19. The van der Waals surface area contributed by atoms with Crippen LogP contribution in [0.1, 0.15) is 33.6 Å². The van der Waals surface area contributed by atoms with Crippen molar-refractivity contribution in [2.45, 2.75) is 26.7 Å². The van der Waals surface area contributed by atoms with Crippen LogP contribution in [0.4, 0.5) is 5.69 Å². The molecule has 0 fully saturated rings. The third kappa shape index (κ3) is 3.31. The lowest BCUT2D eigenvalue weighted by Gasteiger charge is -2.07. The molecule has 0 atom stereocenters. The molecular weight excluding hydrogens is 268 g/mol. The summed E-state index contributed by atoms with van der Waals surface area (Å²) in [4.78, 5) is 27.0. The van der Waals surface area contributed by atoms with E-state index in [0.717, 1.165) is 0 Å². The second kappa shape index (κ2) is 6.26. The molecule has 5 nitrogen and oxygen atoms in total. The van der Waals surface area contributed by atoms with Crippen LogP contribution in [0.5, 0.6) is 0 Å². The van der Waals surface area contributed by atoms with E-state index in [1.54, 1.807) is 26.0 Å². The van der Waals surface area contributed by atoms with E-state index in [1.807, 2.05) is 18.2 Å². The summed E-state index contributed by atoms with van der Waals surface area (Å²) in [6, 6.07) is 9.01. The molecule has 21 heavy (non-hydrogen) atoms. The number of aromatic nitrogens is 1. The van der Waals surface area contributed by atoms with Crippen LogP contribution in [0, 0.1) is 24.0 Å². The van der Waals surface area contributed by atoms with Gasteiger partial charge >= 0.3 is 0 Å². The quantitative estimate of drug-likeness (QED) is 0.479. The number of pyridine rings is 1. The average Bonchev–Trinajstić information content (AvgIpc) is 2.46. The fourth-order valence-corrected chi connectivity index (χ4v) is 2.30. The lowest BCUT2D eigenvalue weighted by molar-refractivity contribution is -0.386. The minimum atomic E-state index is -0.394. The minimum absolute atomic E-state index is 0.0139. The Kier molecular flexibility index (Phi) is 4.42. The summed E-state index contributed by atoms with van der Waals surface area (Å²) in [5.41, 5.74) is 2.43. The SMILES string of the molecule is Cc1cnc(CCC(=O)c2ccccc2)c(C)c1[N+](=O)[O-]. The first kappa shape index (κ1) is 14.8. The van der Waals surface area contributed by atoms with Gasteiger partial charge in [0, 0.05) is 29.3 Å². The number of nitro groups is 1. The number of hydrogen-bond acceptors (Lipinski definition) is 4. The molecule has 0 radical (unpaired) electrons. The van der Waals surface area contributed by atoms with E-state index in [2.05, 4.69) is 4.98 Å². The van der Waals surface area contributed by atoms with Crippen LogP contribution in [0.25, 0.3) is 0 Å². The highest BCUT2D eigenvalue weighted by atomic mass is 16.6. The molecule has 0 spiro atoms. The van der Waals surface area contributed by atoms with Gasteiger partial charge in [-0.25, -0.2) is 0 Å². The van der Waals surface area contributed by atoms with E-state index in [-0.39, 0.29) is 17.9 Å². The van der Waals surface area contributed by atoms with E-state index >= 15 is 0 Å². The third-order valence-electron chi connectivity index (χ3n) is 3.44.